The van der Waals surface area contributed by atoms with E-state index in [1.165, 1.54) is 0 Å². The minimum absolute atomic E-state index is 0.804. The Morgan fingerprint density at radius 1 is 1.14 bits per heavy atom. The van der Waals surface area contributed by atoms with Crippen molar-refractivity contribution in [2.75, 3.05) is 30.9 Å². The molecule has 7 nitrogen and oxygen atoms in total. The summed E-state index contributed by atoms with van der Waals surface area (Å²) in [7, 11) is 3.91. The number of aromatic nitrogens is 5. The largest absolute Gasteiger partial charge is 0.367 e. The maximum absolute atomic E-state index is 4.34. The fourth-order valence-corrected chi connectivity index (χ4v) is 2.30. The Kier molecular flexibility index (Phi) is 4.13. The molecule has 1 N–H and O–H groups in total. The van der Waals surface area contributed by atoms with Crippen molar-refractivity contribution in [1.82, 2.24) is 24.6 Å². The Balaban J connectivity index is 1.58. The topological polar surface area (TPSA) is 71.2 Å². The molecule has 22 heavy (non-hydrogen) atoms. The number of pyridine rings is 1. The summed E-state index contributed by atoms with van der Waals surface area (Å²) in [6.07, 6.45) is 7.18. The Bertz CT molecular complexity index is 750. The Labute approximate surface area is 129 Å². The van der Waals surface area contributed by atoms with Gasteiger partial charge in [0, 0.05) is 45.7 Å². The highest BCUT2D eigenvalue weighted by Crippen LogP contribution is 2.17. The van der Waals surface area contributed by atoms with E-state index in [1.807, 2.05) is 47.8 Å². The number of hydrogen-bond donors (Lipinski definition) is 1. The summed E-state index contributed by atoms with van der Waals surface area (Å²) in [5.74, 6) is 2.62. The highest BCUT2D eigenvalue weighted by molar-refractivity contribution is 5.59. The zero-order valence-electron chi connectivity index (χ0n) is 12.8. The molecular formula is C15H19N7. The van der Waals surface area contributed by atoms with Crippen LogP contribution in [0.1, 0.15) is 12.2 Å². The van der Waals surface area contributed by atoms with Gasteiger partial charge in [-0.15, -0.1) is 10.2 Å². The summed E-state index contributed by atoms with van der Waals surface area (Å²) in [5.41, 5.74) is 0.884. The lowest BCUT2D eigenvalue weighted by Gasteiger charge is -2.15. The minimum atomic E-state index is 0.804. The van der Waals surface area contributed by atoms with Crippen LogP contribution in [-0.4, -0.2) is 45.2 Å². The third kappa shape index (κ3) is 2.98. The molecule has 0 aliphatic heterocycles. The van der Waals surface area contributed by atoms with Crippen LogP contribution in [0, 0.1) is 0 Å². The molecule has 0 bridgehead atoms. The van der Waals surface area contributed by atoms with Crippen LogP contribution in [0.5, 0.6) is 0 Å². The van der Waals surface area contributed by atoms with E-state index in [-0.39, 0.29) is 0 Å². The molecule has 0 fully saturated rings. The first-order valence-electron chi connectivity index (χ1n) is 7.26. The number of anilines is 2. The van der Waals surface area contributed by atoms with Crippen molar-refractivity contribution in [2.45, 2.75) is 12.8 Å². The van der Waals surface area contributed by atoms with E-state index >= 15 is 0 Å². The number of hydrogen-bond acceptors (Lipinski definition) is 6. The SMILES string of the molecule is CN(C)c1nccnc1NCCCc1nnc2ccccn12. The van der Waals surface area contributed by atoms with Gasteiger partial charge in [0.05, 0.1) is 0 Å². The zero-order valence-corrected chi connectivity index (χ0v) is 12.8. The Hall–Kier alpha value is -2.70. The van der Waals surface area contributed by atoms with Crippen molar-refractivity contribution < 1.29 is 0 Å². The van der Waals surface area contributed by atoms with Crippen molar-refractivity contribution in [3.63, 3.8) is 0 Å². The highest BCUT2D eigenvalue weighted by atomic mass is 15.2. The number of nitrogens with zero attached hydrogens (tertiary/aromatic N) is 6. The molecule has 0 aliphatic carbocycles. The molecule has 3 heterocycles. The van der Waals surface area contributed by atoms with Crippen molar-refractivity contribution in [2.24, 2.45) is 0 Å². The summed E-state index contributed by atoms with van der Waals surface area (Å²) in [5, 5.41) is 11.7. The second-order valence-corrected chi connectivity index (χ2v) is 5.20. The average Bonchev–Trinajstić information content (AvgIpc) is 2.95. The number of fused-ring (bicyclic) bond motifs is 1. The molecule has 3 rings (SSSR count). The molecule has 0 aromatic carbocycles. The first kappa shape index (κ1) is 14.2. The lowest BCUT2D eigenvalue weighted by molar-refractivity contribution is 0.785. The van der Waals surface area contributed by atoms with Gasteiger partial charge in [0.2, 0.25) is 0 Å². The summed E-state index contributed by atoms with van der Waals surface area (Å²) in [4.78, 5) is 10.6. The first-order valence-corrected chi connectivity index (χ1v) is 7.26. The van der Waals surface area contributed by atoms with E-state index in [0.29, 0.717) is 0 Å². The van der Waals surface area contributed by atoms with Crippen LogP contribution in [0.15, 0.2) is 36.8 Å². The second kappa shape index (κ2) is 6.38. The van der Waals surface area contributed by atoms with Gasteiger partial charge >= 0.3 is 0 Å². The standard InChI is InChI=1S/C15H19N7/c1-21(2)15-14(17-9-10-18-15)16-8-5-7-13-20-19-12-6-3-4-11-22(12)13/h3-4,6,9-11H,5,7-8H2,1-2H3,(H,16,17). The average molecular weight is 297 g/mol. The van der Waals surface area contributed by atoms with Gasteiger partial charge in [-0.1, -0.05) is 6.07 Å². The van der Waals surface area contributed by atoms with E-state index in [9.17, 15) is 0 Å². The molecule has 0 aliphatic rings. The van der Waals surface area contributed by atoms with Gasteiger partial charge in [-0.2, -0.15) is 0 Å². The second-order valence-electron chi connectivity index (χ2n) is 5.20. The van der Waals surface area contributed by atoms with E-state index < -0.39 is 0 Å². The Morgan fingerprint density at radius 3 is 2.86 bits per heavy atom. The molecule has 0 spiro atoms. The maximum Gasteiger partial charge on any atom is 0.171 e. The van der Waals surface area contributed by atoms with Gasteiger partial charge in [0.15, 0.2) is 17.3 Å². The molecule has 0 amide bonds. The predicted octanol–water partition coefficient (Wildman–Crippen LogP) is 1.63. The van der Waals surface area contributed by atoms with Gasteiger partial charge < -0.3 is 10.2 Å². The van der Waals surface area contributed by atoms with E-state index in [1.54, 1.807) is 12.4 Å². The van der Waals surface area contributed by atoms with Crippen molar-refractivity contribution in [3.05, 3.63) is 42.6 Å². The predicted molar refractivity (Wildman–Crippen MR) is 86.2 cm³/mol. The molecule has 114 valence electrons. The summed E-state index contributed by atoms with van der Waals surface area (Å²) in [6, 6.07) is 5.91. The molecule has 3 aromatic heterocycles. The normalized spacial score (nSPS) is 10.8. The van der Waals surface area contributed by atoms with Crippen molar-refractivity contribution >= 4 is 17.3 Å². The van der Waals surface area contributed by atoms with Gasteiger partial charge in [0.25, 0.3) is 0 Å². The highest BCUT2D eigenvalue weighted by Gasteiger charge is 2.07. The molecule has 0 unspecified atom stereocenters. The number of nitrogens with one attached hydrogen (secondary N) is 1. The number of aryl methyl sites for hydroxylation is 1. The van der Waals surface area contributed by atoms with Crippen molar-refractivity contribution in [3.8, 4) is 0 Å². The lowest BCUT2D eigenvalue weighted by atomic mass is 10.3. The van der Waals surface area contributed by atoms with Crippen LogP contribution in [0.25, 0.3) is 5.65 Å². The van der Waals surface area contributed by atoms with Crippen LogP contribution in [0.3, 0.4) is 0 Å². The third-order valence-electron chi connectivity index (χ3n) is 3.36. The molecule has 0 radical (unpaired) electrons. The van der Waals surface area contributed by atoms with Crippen LogP contribution in [0.4, 0.5) is 11.6 Å². The van der Waals surface area contributed by atoms with Crippen LogP contribution >= 0.6 is 0 Å². The fourth-order valence-electron chi connectivity index (χ4n) is 2.30. The molecular weight excluding hydrogens is 278 g/mol. The van der Waals surface area contributed by atoms with E-state index in [4.69, 9.17) is 0 Å². The Morgan fingerprint density at radius 2 is 2.00 bits per heavy atom. The first-order chi connectivity index (χ1) is 10.8. The monoisotopic (exact) mass is 297 g/mol. The fraction of sp³-hybridized carbons (Fsp3) is 0.333. The van der Waals surface area contributed by atoms with Crippen LogP contribution < -0.4 is 10.2 Å². The zero-order chi connectivity index (χ0) is 15.4. The molecule has 0 saturated carbocycles. The van der Waals surface area contributed by atoms with Gasteiger partial charge in [-0.3, -0.25) is 4.40 Å². The smallest absolute Gasteiger partial charge is 0.171 e. The minimum Gasteiger partial charge on any atom is -0.367 e. The number of rotatable bonds is 6. The van der Waals surface area contributed by atoms with Gasteiger partial charge in [-0.05, 0) is 18.6 Å². The molecule has 0 saturated heterocycles. The van der Waals surface area contributed by atoms with E-state index in [2.05, 4.69) is 25.5 Å². The molecule has 7 heteroatoms. The van der Waals surface area contributed by atoms with Gasteiger partial charge in [-0.25, -0.2) is 9.97 Å². The summed E-state index contributed by atoms with van der Waals surface area (Å²) >= 11 is 0. The third-order valence-corrected chi connectivity index (χ3v) is 3.36. The molecule has 3 aromatic rings. The van der Waals surface area contributed by atoms with Crippen molar-refractivity contribution in [1.29, 1.82) is 0 Å². The van der Waals surface area contributed by atoms with E-state index in [0.717, 1.165) is 42.5 Å². The summed E-state index contributed by atoms with van der Waals surface area (Å²) in [6.45, 7) is 0.807. The lowest BCUT2D eigenvalue weighted by Crippen LogP contribution is -2.15. The van der Waals surface area contributed by atoms with Crippen LogP contribution in [0.2, 0.25) is 0 Å². The quantitative estimate of drug-likeness (QED) is 0.697. The summed E-state index contributed by atoms with van der Waals surface area (Å²) < 4.78 is 2.02. The van der Waals surface area contributed by atoms with Crippen LogP contribution in [-0.2, 0) is 6.42 Å². The molecule has 0 atom stereocenters. The van der Waals surface area contributed by atoms with Gasteiger partial charge in [0.1, 0.15) is 5.82 Å². The maximum atomic E-state index is 4.34.